The van der Waals surface area contributed by atoms with E-state index in [0.717, 1.165) is 44.2 Å². The van der Waals surface area contributed by atoms with Gasteiger partial charge in [0.05, 0.1) is 42.2 Å². The number of hydrogen-bond acceptors (Lipinski definition) is 8. The number of nitrogens with zero attached hydrogens (tertiary/aromatic N) is 4. The van der Waals surface area contributed by atoms with Crippen LogP contribution in [-0.4, -0.2) is 92.7 Å². The van der Waals surface area contributed by atoms with Crippen molar-refractivity contribution in [2.45, 2.75) is 84.8 Å². The van der Waals surface area contributed by atoms with E-state index in [0.29, 0.717) is 55.5 Å². The molecular weight excluding hydrogens is 751 g/mol. The van der Waals surface area contributed by atoms with Gasteiger partial charge in [-0.2, -0.15) is 8.78 Å². The van der Waals surface area contributed by atoms with Crippen molar-refractivity contribution in [2.24, 2.45) is 17.3 Å². The molecule has 2 amide bonds. The van der Waals surface area contributed by atoms with Gasteiger partial charge in [-0.15, -0.1) is 0 Å². The first-order valence-electron chi connectivity index (χ1n) is 19.6. The third-order valence-electron chi connectivity index (χ3n) is 11.8. The first-order chi connectivity index (χ1) is 27.5. The summed E-state index contributed by atoms with van der Waals surface area (Å²) in [6, 6.07) is 13.7. The maximum atomic E-state index is 13.3. The summed E-state index contributed by atoms with van der Waals surface area (Å²) < 4.78 is 48.0. The van der Waals surface area contributed by atoms with E-state index in [4.69, 9.17) is 24.2 Å². The number of imidazole rings is 2. The van der Waals surface area contributed by atoms with Gasteiger partial charge < -0.3 is 34.0 Å². The second-order valence-corrected chi connectivity index (χ2v) is 17.8. The van der Waals surface area contributed by atoms with Crippen LogP contribution in [-0.2, 0) is 26.4 Å². The summed E-state index contributed by atoms with van der Waals surface area (Å²) in [4.78, 5) is 45.7. The fourth-order valence-electron chi connectivity index (χ4n) is 9.23. The summed E-state index contributed by atoms with van der Waals surface area (Å²) in [7, 11) is 1.64. The fourth-order valence-corrected chi connectivity index (χ4v) is 9.23. The maximum Gasteiger partial charge on any atom is 0.410 e. The zero-order valence-electron chi connectivity index (χ0n) is 33.8. The van der Waals surface area contributed by atoms with Crippen LogP contribution in [0.3, 0.4) is 0 Å². The molecule has 5 aromatic rings. The zero-order valence-corrected chi connectivity index (χ0v) is 33.8. The number of amides is 2. The van der Waals surface area contributed by atoms with Crippen LogP contribution in [0, 0.1) is 17.3 Å². The zero-order chi connectivity index (χ0) is 41.3. The highest BCUT2D eigenvalue weighted by molar-refractivity contribution is 6.07. The van der Waals surface area contributed by atoms with E-state index >= 15 is 0 Å². The molecule has 15 heteroatoms. The molecule has 0 bridgehead atoms. The Balaban J connectivity index is 1.10. The summed E-state index contributed by atoms with van der Waals surface area (Å²) in [6.07, 6.45) is 1.22. The molecule has 3 N–H and O–H groups in total. The predicted octanol–water partition coefficient (Wildman–Crippen LogP) is 9.09. The third kappa shape index (κ3) is 7.01. The van der Waals surface area contributed by atoms with Crippen LogP contribution in [0.25, 0.3) is 44.2 Å². The van der Waals surface area contributed by atoms with Crippen LogP contribution in [0.2, 0.25) is 0 Å². The Kier molecular flexibility index (Phi) is 9.90. The van der Waals surface area contributed by atoms with E-state index in [1.54, 1.807) is 39.0 Å². The lowest BCUT2D eigenvalue weighted by atomic mass is 9.70. The van der Waals surface area contributed by atoms with Gasteiger partial charge in [-0.1, -0.05) is 39.0 Å². The number of hydrogen-bond donors (Lipinski definition) is 3. The molecule has 3 aromatic carbocycles. The Morgan fingerprint density at radius 3 is 2.52 bits per heavy atom. The topological polar surface area (TPSA) is 155 Å². The molecule has 0 spiro atoms. The minimum absolute atomic E-state index is 0.0362. The van der Waals surface area contributed by atoms with Gasteiger partial charge in [0.1, 0.15) is 35.1 Å². The Hall–Kier alpha value is -5.28. The van der Waals surface area contributed by atoms with Crippen molar-refractivity contribution in [1.29, 1.82) is 0 Å². The summed E-state index contributed by atoms with van der Waals surface area (Å²) in [6.45, 7) is 9.77. The van der Waals surface area contributed by atoms with Crippen LogP contribution in [0.1, 0.15) is 77.6 Å². The molecule has 2 saturated heterocycles. The quantitative estimate of drug-likeness (QED) is 0.139. The Bertz CT molecular complexity index is 2380. The third-order valence-corrected chi connectivity index (χ3v) is 11.8. The van der Waals surface area contributed by atoms with Gasteiger partial charge >= 0.3 is 18.8 Å². The van der Waals surface area contributed by atoms with E-state index < -0.39 is 41.4 Å². The molecule has 13 nitrogen and oxygen atoms in total. The number of benzene rings is 3. The molecule has 4 atom stereocenters. The summed E-state index contributed by atoms with van der Waals surface area (Å²) in [5.41, 5.74) is 4.05. The van der Waals surface area contributed by atoms with Crippen LogP contribution < -0.4 is 4.74 Å². The largest absolute Gasteiger partial charge is 0.488 e. The Morgan fingerprint density at radius 2 is 1.81 bits per heavy atom. The molecule has 0 radical (unpaired) electrons. The van der Waals surface area contributed by atoms with E-state index in [2.05, 4.69) is 53.7 Å². The molecule has 0 unspecified atom stereocenters. The normalized spacial score (nSPS) is 22.1. The van der Waals surface area contributed by atoms with Gasteiger partial charge in [-0.05, 0) is 85.4 Å². The molecule has 0 aliphatic carbocycles. The molecule has 3 aliphatic heterocycles. The fraction of sp³-hybridized carbons (Fsp3) is 0.488. The number of carboxylic acid groups (broad SMARTS) is 1. The smallest absolute Gasteiger partial charge is 0.410 e. The van der Waals surface area contributed by atoms with Gasteiger partial charge in [0.15, 0.2) is 0 Å². The highest BCUT2D eigenvalue weighted by Crippen LogP contribution is 2.52. The number of ether oxygens (including phenoxy) is 4. The number of aromatic nitrogens is 4. The molecular formula is C43H50F2N6O7. The predicted molar refractivity (Wildman–Crippen MR) is 213 cm³/mol. The minimum Gasteiger partial charge on any atom is -0.488 e. The Labute approximate surface area is 335 Å². The average molecular weight is 801 g/mol. The van der Waals surface area contributed by atoms with Crippen LogP contribution in [0.5, 0.6) is 5.75 Å². The number of aromatic amines is 2. The van der Waals surface area contributed by atoms with Gasteiger partial charge in [0.2, 0.25) is 0 Å². The number of alkyl halides is 2. The number of halogens is 2. The SMILES string of the molecule is COC[C@@H]1CN(C(=O)O)[C@](c2ncc(-c3ccc4c(c3)COc3cc5c(ccc6[nH]c([C@@H]7C[C@H](COC(F)F)CN7C(=O)OC(C)(C)C)nc65)cc3-4)[nH]2)(C(C)(C)C)C1. The summed E-state index contributed by atoms with van der Waals surface area (Å²) in [5.74, 6) is 1.58. The number of likely N-dealkylation sites (tertiary alicyclic amines) is 2. The van der Waals surface area contributed by atoms with Gasteiger partial charge in [-0.3, -0.25) is 9.80 Å². The van der Waals surface area contributed by atoms with E-state index in [9.17, 15) is 23.5 Å². The lowest BCUT2D eigenvalue weighted by Gasteiger charge is -2.45. The summed E-state index contributed by atoms with van der Waals surface area (Å²) >= 11 is 0. The van der Waals surface area contributed by atoms with Crippen molar-refractivity contribution in [3.05, 3.63) is 65.9 Å². The molecule has 5 heterocycles. The van der Waals surface area contributed by atoms with Gasteiger partial charge in [0.25, 0.3) is 0 Å². The van der Waals surface area contributed by atoms with Gasteiger partial charge in [0, 0.05) is 43.0 Å². The number of fused-ring (bicyclic) bond motifs is 6. The number of H-pyrrole nitrogens is 2. The number of rotatable bonds is 8. The minimum atomic E-state index is -2.90. The molecule has 2 fully saturated rings. The molecule has 0 saturated carbocycles. The first-order valence-corrected chi connectivity index (χ1v) is 19.6. The highest BCUT2D eigenvalue weighted by atomic mass is 19.3. The number of carbonyl (C=O) groups is 2. The van der Waals surface area contributed by atoms with E-state index in [1.165, 1.54) is 4.90 Å². The van der Waals surface area contributed by atoms with E-state index in [-0.39, 0.29) is 25.0 Å². The second-order valence-electron chi connectivity index (χ2n) is 17.8. The van der Waals surface area contributed by atoms with Crippen molar-refractivity contribution in [2.75, 3.05) is 33.4 Å². The molecule has 58 heavy (non-hydrogen) atoms. The van der Waals surface area contributed by atoms with Crippen molar-refractivity contribution >= 4 is 34.0 Å². The average Bonchev–Trinajstić information content (AvgIpc) is 3.97. The second kappa shape index (κ2) is 14.5. The first kappa shape index (κ1) is 39.5. The lowest BCUT2D eigenvalue weighted by Crippen LogP contribution is -2.53. The lowest BCUT2D eigenvalue weighted by molar-refractivity contribution is -0.137. The molecule has 2 aromatic heterocycles. The highest BCUT2D eigenvalue weighted by Gasteiger charge is 2.58. The summed E-state index contributed by atoms with van der Waals surface area (Å²) in [5, 5.41) is 12.2. The Morgan fingerprint density at radius 1 is 1.02 bits per heavy atom. The van der Waals surface area contributed by atoms with Crippen molar-refractivity contribution in [1.82, 2.24) is 29.7 Å². The van der Waals surface area contributed by atoms with Crippen LogP contribution in [0.4, 0.5) is 18.4 Å². The molecule has 308 valence electrons. The monoisotopic (exact) mass is 800 g/mol. The van der Waals surface area contributed by atoms with Crippen molar-refractivity contribution in [3.63, 3.8) is 0 Å². The number of methoxy groups -OCH3 is 1. The molecule has 8 rings (SSSR count). The number of nitrogens with one attached hydrogen (secondary N) is 2. The van der Waals surface area contributed by atoms with Crippen molar-refractivity contribution in [3.8, 4) is 28.1 Å². The molecule has 3 aliphatic rings. The van der Waals surface area contributed by atoms with Crippen molar-refractivity contribution < 1.29 is 42.4 Å². The van der Waals surface area contributed by atoms with Crippen LogP contribution in [0.15, 0.2) is 48.7 Å². The standard InChI is InChI=1S/C43H50F2N6O7/c1-41(2,3)43(16-24(20-55-7)19-51(43)39(52)53)37-46-17-32(48-37)26-8-10-28-27(13-26)22-56-34-15-29-25(14-30(28)34)9-11-31-35(29)49-36(47-31)33-12-23(21-57-38(44)45)18-50(33)40(54)58-42(4,5)6/h8-11,13-15,17,23-24,33,38H,12,16,18-22H2,1-7H3,(H,46,48)(H,47,49)(H,52,53)/t23-,24-,33-,43+/m0/s1. The number of carbonyl (C=O) groups excluding carboxylic acids is 1. The van der Waals surface area contributed by atoms with E-state index in [1.807, 2.05) is 24.3 Å². The van der Waals surface area contributed by atoms with Gasteiger partial charge in [-0.25, -0.2) is 19.6 Å². The van der Waals surface area contributed by atoms with Crippen LogP contribution >= 0.6 is 0 Å². The maximum absolute atomic E-state index is 13.3.